The Bertz CT molecular complexity index is 1670. The maximum Gasteiger partial charge on any atom is 0.439 e. The standard InChI is InChI=1S/C26H21BN4O4/c1-14-12-17-21(32)15(2)22(16-8-5-4-6-9-16)34-23(17)18(13-14)26(3,27)30-19-10-7-11-28-20(19)24-29-25(33)35-31-24/h4-13,30H,1-3H3,(H,29,31,33)/t26-/m1/s1. The first kappa shape index (κ1) is 22.4. The second-order valence-electron chi connectivity index (χ2n) is 8.61. The van der Waals surface area contributed by atoms with E-state index in [1.165, 1.54) is 0 Å². The first-order valence-corrected chi connectivity index (χ1v) is 11.0. The van der Waals surface area contributed by atoms with Gasteiger partial charge in [-0.3, -0.25) is 19.3 Å². The third-order valence-corrected chi connectivity index (χ3v) is 5.83. The number of anilines is 1. The molecule has 0 saturated heterocycles. The number of benzene rings is 2. The van der Waals surface area contributed by atoms with Crippen LogP contribution in [0, 0.1) is 13.8 Å². The van der Waals surface area contributed by atoms with Gasteiger partial charge in [0.25, 0.3) is 0 Å². The van der Waals surface area contributed by atoms with E-state index in [4.69, 9.17) is 12.3 Å². The molecule has 3 aromatic heterocycles. The molecule has 35 heavy (non-hydrogen) atoms. The Kier molecular flexibility index (Phi) is 5.40. The van der Waals surface area contributed by atoms with E-state index >= 15 is 0 Å². The fourth-order valence-electron chi connectivity index (χ4n) is 4.16. The van der Waals surface area contributed by atoms with Gasteiger partial charge < -0.3 is 9.73 Å². The smallest absolute Gasteiger partial charge is 0.439 e. The van der Waals surface area contributed by atoms with Gasteiger partial charge in [-0.2, -0.15) is 0 Å². The number of rotatable bonds is 5. The molecular weight excluding hydrogens is 443 g/mol. The molecule has 0 amide bonds. The van der Waals surface area contributed by atoms with E-state index in [-0.39, 0.29) is 11.3 Å². The van der Waals surface area contributed by atoms with Crippen molar-refractivity contribution >= 4 is 24.5 Å². The zero-order chi connectivity index (χ0) is 24.7. The van der Waals surface area contributed by atoms with E-state index in [9.17, 15) is 9.59 Å². The Morgan fingerprint density at radius 3 is 2.54 bits per heavy atom. The van der Waals surface area contributed by atoms with Gasteiger partial charge in [0, 0.05) is 28.3 Å². The molecule has 5 rings (SSSR count). The van der Waals surface area contributed by atoms with Gasteiger partial charge in [0.2, 0.25) is 5.82 Å². The second kappa shape index (κ2) is 8.43. The molecule has 1 atom stereocenters. The zero-order valence-electron chi connectivity index (χ0n) is 19.4. The van der Waals surface area contributed by atoms with E-state index in [1.807, 2.05) is 43.3 Å². The first-order valence-electron chi connectivity index (χ1n) is 11.0. The Balaban J connectivity index is 1.69. The highest BCUT2D eigenvalue weighted by Gasteiger charge is 2.28. The van der Waals surface area contributed by atoms with Crippen LogP contribution in [0.15, 0.2) is 79.3 Å². The van der Waals surface area contributed by atoms with Gasteiger partial charge in [0.1, 0.15) is 24.9 Å². The molecular formula is C26H21BN4O4. The van der Waals surface area contributed by atoms with Crippen LogP contribution in [-0.4, -0.2) is 23.0 Å². The summed E-state index contributed by atoms with van der Waals surface area (Å²) in [5, 5.41) is 7.45. The Hall–Kier alpha value is -4.40. The van der Waals surface area contributed by atoms with Crippen molar-refractivity contribution in [2.24, 2.45) is 0 Å². The Labute approximate surface area is 201 Å². The molecule has 0 aliphatic carbocycles. The molecule has 9 heteroatoms. The lowest BCUT2D eigenvalue weighted by Gasteiger charge is -2.30. The van der Waals surface area contributed by atoms with Gasteiger partial charge in [-0.05, 0) is 44.5 Å². The van der Waals surface area contributed by atoms with E-state index in [1.54, 1.807) is 38.2 Å². The predicted octanol–water partition coefficient (Wildman–Crippen LogP) is 4.27. The van der Waals surface area contributed by atoms with Crippen molar-refractivity contribution in [3.05, 3.63) is 98.3 Å². The molecule has 0 bridgehead atoms. The quantitative estimate of drug-likeness (QED) is 0.374. The number of aromatic amines is 1. The number of H-pyrrole nitrogens is 1. The third kappa shape index (κ3) is 4.05. The molecule has 5 aromatic rings. The lowest BCUT2D eigenvalue weighted by molar-refractivity contribution is 0.388. The summed E-state index contributed by atoms with van der Waals surface area (Å²) in [6, 6.07) is 16.6. The maximum absolute atomic E-state index is 13.4. The third-order valence-electron chi connectivity index (χ3n) is 5.83. The van der Waals surface area contributed by atoms with Gasteiger partial charge >= 0.3 is 5.76 Å². The molecule has 0 aliphatic rings. The minimum absolute atomic E-state index is 0.118. The summed E-state index contributed by atoms with van der Waals surface area (Å²) in [4.78, 5) is 31.7. The van der Waals surface area contributed by atoms with Crippen molar-refractivity contribution in [3.63, 3.8) is 0 Å². The highest BCUT2D eigenvalue weighted by molar-refractivity contribution is 6.18. The van der Waals surface area contributed by atoms with Crippen molar-refractivity contribution in [1.29, 1.82) is 0 Å². The van der Waals surface area contributed by atoms with Crippen molar-refractivity contribution in [2.45, 2.75) is 26.2 Å². The number of nitrogens with zero attached hydrogens (tertiary/aromatic N) is 2. The van der Waals surface area contributed by atoms with Crippen LogP contribution in [0.1, 0.15) is 23.6 Å². The maximum atomic E-state index is 13.4. The molecule has 0 aliphatic heterocycles. The Morgan fingerprint density at radius 2 is 1.83 bits per heavy atom. The Morgan fingerprint density at radius 1 is 1.06 bits per heavy atom. The number of pyridine rings is 1. The fourth-order valence-corrected chi connectivity index (χ4v) is 4.16. The van der Waals surface area contributed by atoms with Gasteiger partial charge in [0.05, 0.1) is 11.1 Å². The molecule has 0 spiro atoms. The van der Waals surface area contributed by atoms with Gasteiger partial charge in [0.15, 0.2) is 5.43 Å². The van der Waals surface area contributed by atoms with Crippen molar-refractivity contribution in [2.75, 3.05) is 5.32 Å². The molecule has 0 saturated carbocycles. The van der Waals surface area contributed by atoms with Crippen LogP contribution in [0.25, 0.3) is 33.8 Å². The largest absolute Gasteiger partial charge is 0.455 e. The minimum Gasteiger partial charge on any atom is -0.455 e. The number of nitrogens with one attached hydrogen (secondary N) is 2. The number of aryl methyl sites for hydroxylation is 1. The summed E-state index contributed by atoms with van der Waals surface area (Å²) < 4.78 is 11.0. The van der Waals surface area contributed by atoms with Crippen LogP contribution >= 0.6 is 0 Å². The van der Waals surface area contributed by atoms with Crippen LogP contribution in [0.4, 0.5) is 5.69 Å². The van der Waals surface area contributed by atoms with E-state index in [0.717, 1.165) is 11.1 Å². The van der Waals surface area contributed by atoms with E-state index in [0.29, 0.717) is 39.2 Å². The van der Waals surface area contributed by atoms with Gasteiger partial charge in [-0.25, -0.2) is 4.79 Å². The summed E-state index contributed by atoms with van der Waals surface area (Å²) in [5.41, 5.74) is 2.70. The lowest BCUT2D eigenvalue weighted by atomic mass is 9.72. The lowest BCUT2D eigenvalue weighted by Crippen LogP contribution is -2.33. The monoisotopic (exact) mass is 464 g/mol. The fraction of sp³-hybridized carbons (Fsp3) is 0.154. The molecule has 2 radical (unpaired) electrons. The SMILES string of the molecule is [B][C@](C)(Nc1cccnc1-c1noc(=O)[nH]1)c1cc(C)cc2c(=O)c(C)c(-c3ccccc3)oc12. The summed E-state index contributed by atoms with van der Waals surface area (Å²) >= 11 is 0. The van der Waals surface area contributed by atoms with Gasteiger partial charge in [-0.15, -0.1) is 0 Å². The van der Waals surface area contributed by atoms with Crippen molar-refractivity contribution in [1.82, 2.24) is 15.1 Å². The van der Waals surface area contributed by atoms with Crippen LogP contribution in [-0.2, 0) is 5.44 Å². The van der Waals surface area contributed by atoms with Crippen LogP contribution < -0.4 is 16.5 Å². The molecule has 0 unspecified atom stereocenters. The number of fused-ring (bicyclic) bond motifs is 1. The summed E-state index contributed by atoms with van der Waals surface area (Å²) in [5.74, 6) is -0.0369. The topological polar surface area (TPSA) is 114 Å². The van der Waals surface area contributed by atoms with Crippen LogP contribution in [0.3, 0.4) is 0 Å². The average Bonchev–Trinajstić information content (AvgIpc) is 3.28. The number of hydrogen-bond donors (Lipinski definition) is 2. The molecule has 172 valence electrons. The minimum atomic E-state index is -1.20. The molecule has 2 N–H and O–H groups in total. The highest BCUT2D eigenvalue weighted by Crippen LogP contribution is 2.35. The molecule has 2 aromatic carbocycles. The predicted molar refractivity (Wildman–Crippen MR) is 134 cm³/mol. The van der Waals surface area contributed by atoms with E-state index in [2.05, 4.69) is 25.0 Å². The first-order chi connectivity index (χ1) is 16.7. The second-order valence-corrected chi connectivity index (χ2v) is 8.61. The van der Waals surface area contributed by atoms with Crippen molar-refractivity contribution < 1.29 is 8.94 Å². The molecule has 0 fully saturated rings. The average molecular weight is 464 g/mol. The zero-order valence-corrected chi connectivity index (χ0v) is 19.4. The van der Waals surface area contributed by atoms with Crippen LogP contribution in [0.2, 0.25) is 0 Å². The van der Waals surface area contributed by atoms with E-state index < -0.39 is 11.2 Å². The normalized spacial score (nSPS) is 13.0. The summed E-state index contributed by atoms with van der Waals surface area (Å²) in [6.45, 7) is 5.43. The van der Waals surface area contributed by atoms with Crippen molar-refractivity contribution in [3.8, 4) is 22.8 Å². The highest BCUT2D eigenvalue weighted by atomic mass is 16.5. The molecule has 8 nitrogen and oxygen atoms in total. The summed E-state index contributed by atoms with van der Waals surface area (Å²) in [6.07, 6.45) is 1.57. The summed E-state index contributed by atoms with van der Waals surface area (Å²) in [7, 11) is 6.82. The van der Waals surface area contributed by atoms with Gasteiger partial charge in [-0.1, -0.05) is 41.6 Å². The number of aromatic nitrogens is 3. The van der Waals surface area contributed by atoms with Crippen LogP contribution in [0.5, 0.6) is 0 Å². The molecule has 3 heterocycles. The number of hydrogen-bond acceptors (Lipinski definition) is 7.